The van der Waals surface area contributed by atoms with Crippen molar-refractivity contribution in [2.75, 3.05) is 0 Å². The van der Waals surface area contributed by atoms with Crippen LogP contribution in [0.2, 0.25) is 0 Å². The standard InChI is InChI=1S/C14H21NO2/c1-5-14(4,12(15)16)13(2,3)17-11-9-7-6-8-10-11/h6-10H,5H2,1-4H3,(H2,15,16). The Labute approximate surface area is 103 Å². The van der Waals surface area contributed by atoms with Gasteiger partial charge in [-0.1, -0.05) is 25.1 Å². The van der Waals surface area contributed by atoms with Crippen molar-refractivity contribution in [3.63, 3.8) is 0 Å². The van der Waals surface area contributed by atoms with Crippen LogP contribution in [0.25, 0.3) is 0 Å². The lowest BCUT2D eigenvalue weighted by Gasteiger charge is -2.41. The first-order chi connectivity index (χ1) is 7.83. The van der Waals surface area contributed by atoms with Crippen molar-refractivity contribution in [3.8, 4) is 5.75 Å². The maximum absolute atomic E-state index is 11.6. The number of nitrogens with two attached hydrogens (primary N) is 1. The van der Waals surface area contributed by atoms with Gasteiger partial charge in [0, 0.05) is 0 Å². The molecule has 3 nitrogen and oxygen atoms in total. The second-order valence-electron chi connectivity index (χ2n) is 4.98. The van der Waals surface area contributed by atoms with E-state index in [-0.39, 0.29) is 5.91 Å². The lowest BCUT2D eigenvalue weighted by Crippen LogP contribution is -2.53. The normalized spacial score (nSPS) is 15.1. The zero-order chi connectivity index (χ0) is 13.1. The molecule has 0 saturated carbocycles. The van der Waals surface area contributed by atoms with Crippen LogP contribution in [0.3, 0.4) is 0 Å². The Balaban J connectivity index is 2.98. The smallest absolute Gasteiger partial charge is 0.227 e. The summed E-state index contributed by atoms with van der Waals surface area (Å²) >= 11 is 0. The summed E-state index contributed by atoms with van der Waals surface area (Å²) in [5, 5.41) is 0. The Morgan fingerprint density at radius 3 is 2.18 bits per heavy atom. The van der Waals surface area contributed by atoms with Crippen LogP contribution < -0.4 is 10.5 Å². The first kappa shape index (κ1) is 13.6. The molecule has 0 fully saturated rings. The number of para-hydroxylation sites is 1. The third-order valence-corrected chi connectivity index (χ3v) is 3.70. The summed E-state index contributed by atoms with van der Waals surface area (Å²) in [7, 11) is 0. The number of rotatable bonds is 5. The average molecular weight is 235 g/mol. The van der Waals surface area contributed by atoms with Gasteiger partial charge in [-0.15, -0.1) is 0 Å². The molecule has 3 heteroatoms. The number of primary amides is 1. The molecule has 0 spiro atoms. The van der Waals surface area contributed by atoms with E-state index in [0.29, 0.717) is 6.42 Å². The number of hydrogen-bond acceptors (Lipinski definition) is 2. The molecule has 0 bridgehead atoms. The highest BCUT2D eigenvalue weighted by atomic mass is 16.5. The molecule has 1 aromatic carbocycles. The molecule has 0 aromatic heterocycles. The van der Waals surface area contributed by atoms with Crippen LogP contribution in [0.1, 0.15) is 34.1 Å². The molecule has 0 saturated heterocycles. The maximum atomic E-state index is 11.6. The van der Waals surface area contributed by atoms with Crippen LogP contribution in [0.15, 0.2) is 30.3 Å². The van der Waals surface area contributed by atoms with Crippen molar-refractivity contribution < 1.29 is 9.53 Å². The van der Waals surface area contributed by atoms with Crippen LogP contribution >= 0.6 is 0 Å². The number of benzene rings is 1. The molecule has 17 heavy (non-hydrogen) atoms. The first-order valence-corrected chi connectivity index (χ1v) is 5.87. The number of ether oxygens (including phenoxy) is 1. The van der Waals surface area contributed by atoms with E-state index in [4.69, 9.17) is 10.5 Å². The second-order valence-corrected chi connectivity index (χ2v) is 4.98. The van der Waals surface area contributed by atoms with E-state index < -0.39 is 11.0 Å². The van der Waals surface area contributed by atoms with E-state index in [0.717, 1.165) is 5.75 Å². The zero-order valence-electron chi connectivity index (χ0n) is 11.0. The minimum atomic E-state index is -0.692. The van der Waals surface area contributed by atoms with Crippen LogP contribution in [0, 0.1) is 5.41 Å². The molecule has 0 radical (unpaired) electrons. The van der Waals surface area contributed by atoms with Gasteiger partial charge in [0.1, 0.15) is 11.4 Å². The Kier molecular flexibility index (Phi) is 3.81. The van der Waals surface area contributed by atoms with Gasteiger partial charge in [-0.3, -0.25) is 4.79 Å². The fourth-order valence-corrected chi connectivity index (χ4v) is 1.79. The molecule has 0 aliphatic carbocycles. The lowest BCUT2D eigenvalue weighted by molar-refractivity contribution is -0.138. The molecule has 1 rings (SSSR count). The number of amides is 1. The molecule has 1 unspecified atom stereocenters. The fraction of sp³-hybridized carbons (Fsp3) is 0.500. The minimum absolute atomic E-state index is 0.332. The third kappa shape index (κ3) is 2.60. The van der Waals surface area contributed by atoms with Gasteiger partial charge < -0.3 is 10.5 Å². The van der Waals surface area contributed by atoms with Crippen molar-refractivity contribution in [2.24, 2.45) is 11.1 Å². The Bertz CT molecular complexity index is 386. The van der Waals surface area contributed by atoms with Gasteiger partial charge >= 0.3 is 0 Å². The van der Waals surface area contributed by atoms with E-state index in [1.54, 1.807) is 0 Å². The molecule has 2 N–H and O–H groups in total. The predicted molar refractivity (Wildman–Crippen MR) is 68.7 cm³/mol. The van der Waals surface area contributed by atoms with Crippen molar-refractivity contribution in [1.29, 1.82) is 0 Å². The summed E-state index contributed by atoms with van der Waals surface area (Å²) in [6, 6.07) is 9.47. The van der Waals surface area contributed by atoms with Gasteiger partial charge in [0.05, 0.1) is 5.41 Å². The predicted octanol–water partition coefficient (Wildman–Crippen LogP) is 2.75. The van der Waals surface area contributed by atoms with Crippen molar-refractivity contribution in [2.45, 2.75) is 39.7 Å². The van der Waals surface area contributed by atoms with Crippen molar-refractivity contribution >= 4 is 5.91 Å². The van der Waals surface area contributed by atoms with Gasteiger partial charge in [0.15, 0.2) is 0 Å². The molecule has 1 aromatic rings. The second kappa shape index (κ2) is 4.78. The monoisotopic (exact) mass is 235 g/mol. The maximum Gasteiger partial charge on any atom is 0.227 e. The van der Waals surface area contributed by atoms with Gasteiger partial charge in [-0.05, 0) is 39.3 Å². The zero-order valence-corrected chi connectivity index (χ0v) is 11.0. The molecule has 0 heterocycles. The van der Waals surface area contributed by atoms with Gasteiger partial charge in [-0.2, -0.15) is 0 Å². The van der Waals surface area contributed by atoms with Crippen LogP contribution in [-0.2, 0) is 4.79 Å². The molecule has 94 valence electrons. The van der Waals surface area contributed by atoms with Crippen molar-refractivity contribution in [1.82, 2.24) is 0 Å². The number of hydrogen-bond donors (Lipinski definition) is 1. The molecule has 0 aliphatic rings. The van der Waals surface area contributed by atoms with E-state index >= 15 is 0 Å². The number of carbonyl (C=O) groups excluding carboxylic acids is 1. The molecule has 0 aliphatic heterocycles. The summed E-state index contributed by atoms with van der Waals surface area (Å²) in [6.07, 6.45) is 0.641. The Morgan fingerprint density at radius 2 is 1.76 bits per heavy atom. The third-order valence-electron chi connectivity index (χ3n) is 3.70. The Hall–Kier alpha value is -1.51. The van der Waals surface area contributed by atoms with Crippen molar-refractivity contribution in [3.05, 3.63) is 30.3 Å². The highest BCUT2D eigenvalue weighted by Crippen LogP contribution is 2.37. The first-order valence-electron chi connectivity index (χ1n) is 5.87. The quantitative estimate of drug-likeness (QED) is 0.853. The van der Waals surface area contributed by atoms with E-state index in [1.807, 2.05) is 58.0 Å². The van der Waals surface area contributed by atoms with Gasteiger partial charge in [-0.25, -0.2) is 0 Å². The molecular weight excluding hydrogens is 214 g/mol. The van der Waals surface area contributed by atoms with E-state index in [1.165, 1.54) is 0 Å². The molecule has 1 atom stereocenters. The van der Waals surface area contributed by atoms with Crippen LogP contribution in [0.4, 0.5) is 0 Å². The lowest BCUT2D eigenvalue weighted by atomic mass is 9.72. The molecular formula is C14H21NO2. The summed E-state index contributed by atoms with van der Waals surface area (Å²) in [5.74, 6) is 0.416. The average Bonchev–Trinajstić information content (AvgIpc) is 2.28. The minimum Gasteiger partial charge on any atom is -0.487 e. The summed E-state index contributed by atoms with van der Waals surface area (Å²) < 4.78 is 5.92. The fourth-order valence-electron chi connectivity index (χ4n) is 1.79. The SMILES string of the molecule is CCC(C)(C(N)=O)C(C)(C)Oc1ccccc1. The largest absolute Gasteiger partial charge is 0.487 e. The summed E-state index contributed by atoms with van der Waals surface area (Å²) in [4.78, 5) is 11.6. The Morgan fingerprint density at radius 1 is 1.24 bits per heavy atom. The van der Waals surface area contributed by atoms with Crippen LogP contribution in [0.5, 0.6) is 5.75 Å². The van der Waals surface area contributed by atoms with E-state index in [9.17, 15) is 4.79 Å². The van der Waals surface area contributed by atoms with Crippen LogP contribution in [-0.4, -0.2) is 11.5 Å². The van der Waals surface area contributed by atoms with E-state index in [2.05, 4.69) is 0 Å². The summed E-state index contributed by atoms with van der Waals surface area (Å²) in [5.41, 5.74) is 4.17. The topological polar surface area (TPSA) is 52.3 Å². The van der Waals surface area contributed by atoms with Gasteiger partial charge in [0.2, 0.25) is 5.91 Å². The molecule has 1 amide bonds. The highest BCUT2D eigenvalue weighted by molar-refractivity contribution is 5.81. The summed E-state index contributed by atoms with van der Waals surface area (Å²) in [6.45, 7) is 7.58. The number of carbonyl (C=O) groups is 1. The van der Waals surface area contributed by atoms with Gasteiger partial charge in [0.25, 0.3) is 0 Å². The highest BCUT2D eigenvalue weighted by Gasteiger charge is 2.46.